The predicted molar refractivity (Wildman–Crippen MR) is 153 cm³/mol. The van der Waals surface area contributed by atoms with Crippen LogP contribution in [-0.4, -0.2) is 75.6 Å². The van der Waals surface area contributed by atoms with Crippen molar-refractivity contribution in [1.82, 2.24) is 19.2 Å². The van der Waals surface area contributed by atoms with Gasteiger partial charge >= 0.3 is 0 Å². The number of anilines is 1. The minimum atomic E-state index is -0.252. The van der Waals surface area contributed by atoms with Crippen LogP contribution >= 0.6 is 24.0 Å². The highest BCUT2D eigenvalue weighted by Gasteiger charge is 2.33. The number of pyridine rings is 1. The molecule has 3 aliphatic rings. The van der Waals surface area contributed by atoms with Crippen LogP contribution < -0.4 is 20.3 Å². The van der Waals surface area contributed by atoms with Gasteiger partial charge in [0.25, 0.3) is 11.5 Å². The van der Waals surface area contributed by atoms with Gasteiger partial charge < -0.3 is 19.5 Å². The summed E-state index contributed by atoms with van der Waals surface area (Å²) in [5, 5.41) is 3.34. The number of nitrogens with one attached hydrogen (secondary N) is 1. The van der Waals surface area contributed by atoms with E-state index in [9.17, 15) is 9.59 Å². The summed E-state index contributed by atoms with van der Waals surface area (Å²) < 4.78 is 18.2. The summed E-state index contributed by atoms with van der Waals surface area (Å²) in [6.07, 6.45) is 4.17. The Morgan fingerprint density at radius 3 is 2.82 bits per heavy atom. The molecule has 10 nitrogen and oxygen atoms in total. The van der Waals surface area contributed by atoms with Crippen LogP contribution in [0.15, 0.2) is 52.3 Å². The number of fused-ring (bicyclic) bond motifs is 2. The maximum atomic E-state index is 13.5. The summed E-state index contributed by atoms with van der Waals surface area (Å²) in [7, 11) is 0. The molecule has 0 bridgehead atoms. The minimum absolute atomic E-state index is 0.182. The summed E-state index contributed by atoms with van der Waals surface area (Å²) >= 11 is 6.72. The third-order valence-electron chi connectivity index (χ3n) is 6.74. The van der Waals surface area contributed by atoms with E-state index in [2.05, 4.69) is 10.2 Å². The summed E-state index contributed by atoms with van der Waals surface area (Å²) in [6, 6.07) is 11.0. The number of thioether (sulfide) groups is 1. The fourth-order valence-corrected chi connectivity index (χ4v) is 5.93. The molecule has 0 saturated carbocycles. The first-order valence-corrected chi connectivity index (χ1v) is 14.0. The number of morpholine rings is 1. The van der Waals surface area contributed by atoms with Crippen LogP contribution in [0.2, 0.25) is 0 Å². The molecule has 0 aliphatic carbocycles. The van der Waals surface area contributed by atoms with Crippen molar-refractivity contribution in [1.29, 1.82) is 0 Å². The number of thiocarbonyl (C=S) groups is 1. The lowest BCUT2D eigenvalue weighted by molar-refractivity contribution is -0.122. The molecule has 3 aliphatic heterocycles. The van der Waals surface area contributed by atoms with Crippen molar-refractivity contribution in [2.45, 2.75) is 13.0 Å². The van der Waals surface area contributed by atoms with E-state index >= 15 is 0 Å². The molecule has 39 heavy (non-hydrogen) atoms. The average molecular weight is 566 g/mol. The van der Waals surface area contributed by atoms with Crippen molar-refractivity contribution >= 4 is 51.7 Å². The topological polar surface area (TPSA) is 97.6 Å². The summed E-state index contributed by atoms with van der Waals surface area (Å²) in [4.78, 5) is 35.9. The molecule has 0 atom stereocenters. The first kappa shape index (κ1) is 25.8. The van der Waals surface area contributed by atoms with Crippen molar-refractivity contribution in [3.63, 3.8) is 0 Å². The SMILES string of the molecule is O=C1/C(=C/c2c(NCCCN3CCOCC3)nc3ccccn3c2=O)SC(=S)N1Cc1ccc2c(c1)OCO2. The molecule has 0 unspecified atom stereocenters. The van der Waals surface area contributed by atoms with Gasteiger partial charge in [0, 0.05) is 25.8 Å². The Morgan fingerprint density at radius 1 is 1.10 bits per heavy atom. The first-order chi connectivity index (χ1) is 19.1. The number of nitrogens with zero attached hydrogens (tertiary/aromatic N) is 4. The van der Waals surface area contributed by atoms with Crippen molar-refractivity contribution in [2.24, 2.45) is 0 Å². The standard InChI is InChI=1S/C27H27N5O5S2/c33-25-19(15-22-26(34)32(27(38)39-22)16-18-5-6-20-21(14-18)37-17-36-20)24(29-23-4-1-2-9-31(23)25)28-7-3-8-30-10-12-35-13-11-30/h1-2,4-6,9,14-15,28H,3,7-8,10-13,16-17H2/b22-15-. The Balaban J connectivity index is 1.23. The lowest BCUT2D eigenvalue weighted by Gasteiger charge is -2.26. The van der Waals surface area contributed by atoms with Gasteiger partial charge in [-0.25, -0.2) is 4.98 Å². The van der Waals surface area contributed by atoms with Crippen LogP contribution in [0.25, 0.3) is 11.7 Å². The molecule has 2 fully saturated rings. The molecule has 0 spiro atoms. The van der Waals surface area contributed by atoms with Crippen molar-refractivity contribution < 1.29 is 19.0 Å². The maximum absolute atomic E-state index is 13.5. The van der Waals surface area contributed by atoms with Crippen LogP contribution in [-0.2, 0) is 16.1 Å². The average Bonchev–Trinajstić information content (AvgIpc) is 3.53. The largest absolute Gasteiger partial charge is 0.454 e. The molecule has 1 N–H and O–H groups in total. The zero-order chi connectivity index (χ0) is 26.8. The zero-order valence-electron chi connectivity index (χ0n) is 21.1. The van der Waals surface area contributed by atoms with Gasteiger partial charge in [0.1, 0.15) is 15.8 Å². The van der Waals surface area contributed by atoms with E-state index in [1.165, 1.54) is 21.1 Å². The molecule has 1 aromatic carbocycles. The molecular weight excluding hydrogens is 538 g/mol. The third-order valence-corrected chi connectivity index (χ3v) is 8.12. The van der Waals surface area contributed by atoms with E-state index in [4.69, 9.17) is 31.4 Å². The number of rotatable bonds is 8. The van der Waals surface area contributed by atoms with Gasteiger partial charge in [-0.3, -0.25) is 23.8 Å². The Bertz CT molecular complexity index is 1520. The maximum Gasteiger partial charge on any atom is 0.267 e. The zero-order valence-corrected chi connectivity index (χ0v) is 22.8. The van der Waals surface area contributed by atoms with Crippen molar-refractivity contribution in [3.8, 4) is 11.5 Å². The summed E-state index contributed by atoms with van der Waals surface area (Å²) in [5.74, 6) is 1.53. The van der Waals surface area contributed by atoms with Crippen LogP contribution in [0.1, 0.15) is 17.5 Å². The Morgan fingerprint density at radius 2 is 1.95 bits per heavy atom. The van der Waals surface area contributed by atoms with E-state index in [1.54, 1.807) is 24.4 Å². The molecule has 0 radical (unpaired) electrons. The molecule has 202 valence electrons. The fourth-order valence-electron chi connectivity index (χ4n) is 4.69. The number of amides is 1. The Labute approximate surface area is 234 Å². The van der Waals surface area contributed by atoms with Gasteiger partial charge in [0.2, 0.25) is 6.79 Å². The minimum Gasteiger partial charge on any atom is -0.454 e. The van der Waals surface area contributed by atoms with Gasteiger partial charge in [-0.1, -0.05) is 36.1 Å². The van der Waals surface area contributed by atoms with E-state index in [-0.39, 0.29) is 18.3 Å². The van der Waals surface area contributed by atoms with Gasteiger partial charge in [-0.05, 0) is 48.9 Å². The summed E-state index contributed by atoms with van der Waals surface area (Å²) in [6.45, 7) is 5.40. The molecule has 3 aromatic rings. The normalized spacial score (nSPS) is 18.5. The highest BCUT2D eigenvalue weighted by molar-refractivity contribution is 8.26. The van der Waals surface area contributed by atoms with Gasteiger partial charge in [-0.2, -0.15) is 0 Å². The van der Waals surface area contributed by atoms with Gasteiger partial charge in [0.05, 0.1) is 30.2 Å². The number of hydrogen-bond donors (Lipinski definition) is 1. The van der Waals surface area contributed by atoms with E-state index in [1.807, 2.05) is 24.3 Å². The smallest absolute Gasteiger partial charge is 0.267 e. The van der Waals surface area contributed by atoms with Gasteiger partial charge in [-0.15, -0.1) is 0 Å². The lowest BCUT2D eigenvalue weighted by atomic mass is 10.2. The lowest BCUT2D eigenvalue weighted by Crippen LogP contribution is -2.37. The molecular formula is C27H27N5O5S2. The molecule has 6 rings (SSSR count). The molecule has 5 heterocycles. The van der Waals surface area contributed by atoms with Crippen LogP contribution in [0.4, 0.5) is 5.82 Å². The quantitative estimate of drug-likeness (QED) is 0.249. The second-order valence-electron chi connectivity index (χ2n) is 9.30. The van der Waals surface area contributed by atoms with Crippen molar-refractivity contribution in [3.05, 3.63) is 69.0 Å². The molecule has 12 heteroatoms. The number of benzene rings is 1. The highest BCUT2D eigenvalue weighted by Crippen LogP contribution is 2.36. The molecule has 1 amide bonds. The highest BCUT2D eigenvalue weighted by atomic mass is 32.2. The Hall–Kier alpha value is -3.45. The van der Waals surface area contributed by atoms with E-state index in [0.29, 0.717) is 50.8 Å². The van der Waals surface area contributed by atoms with Crippen LogP contribution in [0.3, 0.4) is 0 Å². The second-order valence-corrected chi connectivity index (χ2v) is 11.0. The molecule has 2 saturated heterocycles. The predicted octanol–water partition coefficient (Wildman–Crippen LogP) is 2.96. The Kier molecular flexibility index (Phi) is 7.51. The number of ether oxygens (including phenoxy) is 3. The molecule has 2 aromatic heterocycles. The van der Waals surface area contributed by atoms with Crippen LogP contribution in [0.5, 0.6) is 11.5 Å². The van der Waals surface area contributed by atoms with Crippen molar-refractivity contribution in [2.75, 3.05) is 51.5 Å². The monoisotopic (exact) mass is 565 g/mol. The second kappa shape index (κ2) is 11.3. The van der Waals surface area contributed by atoms with E-state index in [0.717, 1.165) is 44.8 Å². The number of carbonyl (C=O) groups excluding carboxylic acids is 1. The first-order valence-electron chi connectivity index (χ1n) is 12.8. The number of carbonyl (C=O) groups is 1. The van der Waals surface area contributed by atoms with Crippen LogP contribution in [0, 0.1) is 0 Å². The van der Waals surface area contributed by atoms with Gasteiger partial charge in [0.15, 0.2) is 11.5 Å². The van der Waals surface area contributed by atoms with E-state index < -0.39 is 0 Å². The summed E-state index contributed by atoms with van der Waals surface area (Å²) in [5.41, 5.74) is 1.48. The third kappa shape index (κ3) is 5.50. The number of hydrogen-bond acceptors (Lipinski definition) is 10. The number of aromatic nitrogens is 2. The fraction of sp³-hybridized carbons (Fsp3) is 0.333.